The topological polar surface area (TPSA) is 102 Å². The maximum atomic E-state index is 11.6. The largest absolute Gasteiger partial charge is 0.478 e. The number of hydrogen-bond donors (Lipinski definition) is 3. The zero-order valence-corrected chi connectivity index (χ0v) is 17.5. The molecule has 3 N–H and O–H groups in total. The van der Waals surface area contributed by atoms with Crippen LogP contribution >= 0.6 is 0 Å². The SMILES string of the molecule is CC(=N/Nc1ccc(C(=O)O)cc1)/C(C=O)=C/c1ccc(N2CCC(CO)CC2)cc1. The van der Waals surface area contributed by atoms with Gasteiger partial charge in [-0.25, -0.2) is 4.79 Å². The fourth-order valence-electron chi connectivity index (χ4n) is 3.46. The number of carboxylic acids is 1. The van der Waals surface area contributed by atoms with Crippen molar-refractivity contribution in [3.05, 3.63) is 65.2 Å². The summed E-state index contributed by atoms with van der Waals surface area (Å²) in [4.78, 5) is 24.8. The van der Waals surface area contributed by atoms with Crippen LogP contribution in [0.5, 0.6) is 0 Å². The Labute approximate surface area is 181 Å². The van der Waals surface area contributed by atoms with E-state index in [-0.39, 0.29) is 12.2 Å². The molecule has 0 aliphatic carbocycles. The molecule has 0 bridgehead atoms. The van der Waals surface area contributed by atoms with Crippen molar-refractivity contribution in [2.24, 2.45) is 11.0 Å². The van der Waals surface area contributed by atoms with Crippen molar-refractivity contribution in [1.82, 2.24) is 0 Å². The normalized spacial score (nSPS) is 15.6. The molecule has 0 spiro atoms. The van der Waals surface area contributed by atoms with E-state index in [2.05, 4.69) is 15.4 Å². The second-order valence-corrected chi connectivity index (χ2v) is 7.61. The first kappa shape index (κ1) is 22.2. The van der Waals surface area contributed by atoms with Gasteiger partial charge in [0.05, 0.1) is 17.0 Å². The number of hydrogen-bond acceptors (Lipinski definition) is 6. The quantitative estimate of drug-likeness (QED) is 0.260. The fraction of sp³-hybridized carbons (Fsp3) is 0.292. The number of carbonyl (C=O) groups excluding carboxylic acids is 1. The monoisotopic (exact) mass is 421 g/mol. The maximum absolute atomic E-state index is 11.6. The predicted molar refractivity (Wildman–Crippen MR) is 123 cm³/mol. The van der Waals surface area contributed by atoms with Crippen LogP contribution in [-0.2, 0) is 4.79 Å². The molecule has 1 aliphatic heterocycles. The molecule has 0 unspecified atom stereocenters. The molecule has 7 nitrogen and oxygen atoms in total. The molecule has 1 aliphatic rings. The zero-order chi connectivity index (χ0) is 22.2. The summed E-state index contributed by atoms with van der Waals surface area (Å²) in [5.41, 5.74) is 6.67. The van der Waals surface area contributed by atoms with E-state index in [1.54, 1.807) is 25.1 Å². The lowest BCUT2D eigenvalue weighted by Crippen LogP contribution is -2.34. The third-order valence-corrected chi connectivity index (χ3v) is 5.48. The smallest absolute Gasteiger partial charge is 0.335 e. The predicted octanol–water partition coefficient (Wildman–Crippen LogP) is 3.66. The van der Waals surface area contributed by atoms with Crippen LogP contribution in [0.15, 0.2) is 59.2 Å². The van der Waals surface area contributed by atoms with E-state index in [0.29, 0.717) is 22.9 Å². The molecule has 162 valence electrons. The molecule has 0 saturated carbocycles. The number of aldehydes is 1. The van der Waals surface area contributed by atoms with Gasteiger partial charge in [0.1, 0.15) is 0 Å². The van der Waals surface area contributed by atoms with Crippen molar-refractivity contribution in [3.8, 4) is 0 Å². The van der Waals surface area contributed by atoms with Crippen molar-refractivity contribution in [2.45, 2.75) is 19.8 Å². The minimum atomic E-state index is -0.988. The van der Waals surface area contributed by atoms with Crippen molar-refractivity contribution in [3.63, 3.8) is 0 Å². The van der Waals surface area contributed by atoms with Gasteiger partial charge in [0.15, 0.2) is 6.29 Å². The second-order valence-electron chi connectivity index (χ2n) is 7.61. The number of aliphatic hydroxyl groups is 1. The highest BCUT2D eigenvalue weighted by molar-refractivity contribution is 6.17. The molecular weight excluding hydrogens is 394 g/mol. The molecule has 3 rings (SSSR count). The van der Waals surface area contributed by atoms with E-state index in [4.69, 9.17) is 5.11 Å². The van der Waals surface area contributed by atoms with E-state index in [0.717, 1.165) is 43.5 Å². The van der Waals surface area contributed by atoms with E-state index in [1.165, 1.54) is 12.1 Å². The lowest BCUT2D eigenvalue weighted by molar-refractivity contribution is -0.104. The van der Waals surface area contributed by atoms with Gasteiger partial charge in [-0.2, -0.15) is 5.10 Å². The Balaban J connectivity index is 1.65. The average Bonchev–Trinajstić information content (AvgIpc) is 2.81. The first-order valence-corrected chi connectivity index (χ1v) is 10.3. The molecule has 1 saturated heterocycles. The van der Waals surface area contributed by atoms with E-state index in [1.807, 2.05) is 24.3 Å². The number of carbonyl (C=O) groups is 2. The number of carboxylic acid groups (broad SMARTS) is 1. The molecule has 0 atom stereocenters. The highest BCUT2D eigenvalue weighted by Crippen LogP contribution is 2.24. The summed E-state index contributed by atoms with van der Waals surface area (Å²) in [6.07, 6.45) is 4.54. The summed E-state index contributed by atoms with van der Waals surface area (Å²) in [6.45, 7) is 3.86. The highest BCUT2D eigenvalue weighted by Gasteiger charge is 2.18. The molecule has 1 fully saturated rings. The first-order valence-electron chi connectivity index (χ1n) is 10.3. The number of anilines is 2. The lowest BCUT2D eigenvalue weighted by Gasteiger charge is -2.32. The minimum absolute atomic E-state index is 0.195. The van der Waals surface area contributed by atoms with Gasteiger partial charge in [0.2, 0.25) is 0 Å². The van der Waals surface area contributed by atoms with Gasteiger partial charge in [-0.3, -0.25) is 10.2 Å². The number of piperidine rings is 1. The molecule has 1 heterocycles. The van der Waals surface area contributed by atoms with Crippen molar-refractivity contribution in [1.29, 1.82) is 0 Å². The summed E-state index contributed by atoms with van der Waals surface area (Å²) in [5, 5.41) is 22.5. The van der Waals surface area contributed by atoms with Crippen molar-refractivity contribution in [2.75, 3.05) is 30.0 Å². The number of allylic oxidation sites excluding steroid dienone is 1. The Morgan fingerprint density at radius 3 is 2.32 bits per heavy atom. The fourth-order valence-corrected chi connectivity index (χ4v) is 3.46. The van der Waals surface area contributed by atoms with Crippen molar-refractivity contribution >= 4 is 35.4 Å². The average molecular weight is 421 g/mol. The van der Waals surface area contributed by atoms with Crippen LogP contribution in [0.4, 0.5) is 11.4 Å². The van der Waals surface area contributed by atoms with Gasteiger partial charge < -0.3 is 15.1 Å². The summed E-state index contributed by atoms with van der Waals surface area (Å²) < 4.78 is 0. The molecule has 0 aromatic heterocycles. The molecular formula is C24H27N3O4. The lowest BCUT2D eigenvalue weighted by atomic mass is 9.97. The standard InChI is InChI=1S/C24H27N3O4/c1-17(25-26-22-6-4-20(5-7-22)24(30)31)21(16-29)14-18-2-8-23(9-3-18)27-12-10-19(15-28)11-13-27/h2-9,14,16,19,26,28H,10-13,15H2,1H3,(H,30,31)/b21-14+,25-17-. The van der Waals surface area contributed by atoms with E-state index >= 15 is 0 Å². The van der Waals surface area contributed by atoms with Gasteiger partial charge in [-0.1, -0.05) is 12.1 Å². The number of hydrazone groups is 1. The van der Waals surface area contributed by atoms with Crippen molar-refractivity contribution < 1.29 is 19.8 Å². The van der Waals surface area contributed by atoms with Gasteiger partial charge in [0, 0.05) is 31.0 Å². The number of aromatic carboxylic acids is 1. The Morgan fingerprint density at radius 1 is 1.13 bits per heavy atom. The second kappa shape index (κ2) is 10.5. The minimum Gasteiger partial charge on any atom is -0.478 e. The summed E-state index contributed by atoms with van der Waals surface area (Å²) in [5.74, 6) is -0.586. The van der Waals surface area contributed by atoms with Gasteiger partial charge in [0.25, 0.3) is 0 Å². The molecule has 2 aromatic rings. The molecule has 0 amide bonds. The number of rotatable bonds is 8. The van der Waals surface area contributed by atoms with Crippen LogP contribution in [0.2, 0.25) is 0 Å². The van der Waals surface area contributed by atoms with E-state index in [9.17, 15) is 14.7 Å². The van der Waals surface area contributed by atoms with Gasteiger partial charge in [-0.15, -0.1) is 0 Å². The zero-order valence-electron chi connectivity index (χ0n) is 17.5. The van der Waals surface area contributed by atoms with Gasteiger partial charge >= 0.3 is 5.97 Å². The Morgan fingerprint density at radius 2 is 1.77 bits per heavy atom. The van der Waals surface area contributed by atoms with Crippen LogP contribution < -0.4 is 10.3 Å². The number of nitrogens with zero attached hydrogens (tertiary/aromatic N) is 2. The van der Waals surface area contributed by atoms with Crippen LogP contribution in [0.3, 0.4) is 0 Å². The third-order valence-electron chi connectivity index (χ3n) is 5.48. The molecule has 0 radical (unpaired) electrons. The Bertz CT molecular complexity index is 957. The maximum Gasteiger partial charge on any atom is 0.335 e. The molecule has 31 heavy (non-hydrogen) atoms. The first-order chi connectivity index (χ1) is 15.0. The summed E-state index contributed by atoms with van der Waals surface area (Å²) in [6, 6.07) is 14.2. The third kappa shape index (κ3) is 6.02. The van der Waals surface area contributed by atoms with Crippen LogP contribution in [0, 0.1) is 5.92 Å². The highest BCUT2D eigenvalue weighted by atomic mass is 16.4. The number of aliphatic hydroxyl groups excluding tert-OH is 1. The molecule has 7 heteroatoms. The van der Waals surface area contributed by atoms with Crippen LogP contribution in [0.25, 0.3) is 6.08 Å². The van der Waals surface area contributed by atoms with Crippen LogP contribution in [-0.4, -0.2) is 47.9 Å². The van der Waals surface area contributed by atoms with Gasteiger partial charge in [-0.05, 0) is 73.7 Å². The Hall–Kier alpha value is -3.45. The number of benzene rings is 2. The Kier molecular flexibility index (Phi) is 7.56. The summed E-state index contributed by atoms with van der Waals surface area (Å²) in [7, 11) is 0. The van der Waals surface area contributed by atoms with E-state index < -0.39 is 5.97 Å². The number of nitrogens with one attached hydrogen (secondary N) is 1. The molecule has 2 aromatic carbocycles. The van der Waals surface area contributed by atoms with Crippen LogP contribution in [0.1, 0.15) is 35.7 Å². The summed E-state index contributed by atoms with van der Waals surface area (Å²) >= 11 is 0.